The van der Waals surface area contributed by atoms with Crippen molar-refractivity contribution in [3.05, 3.63) is 70.3 Å². The summed E-state index contributed by atoms with van der Waals surface area (Å²) in [5, 5.41) is 3.81. The second kappa shape index (κ2) is 8.19. The number of aromatic amines is 1. The van der Waals surface area contributed by atoms with E-state index in [1.807, 2.05) is 55.5 Å². The molecule has 0 saturated carbocycles. The standard InChI is InChI=1S/C20H19BrN2O3/c1-13(14-6-8-16(21)9-7-14)23-19(24)12-26-20(25)10-15-11-22-18-5-3-2-4-17(15)18/h2-9,11,13,22H,10,12H2,1H3,(H,23,24)/t13-/m1/s1. The first-order chi connectivity index (χ1) is 12.5. The number of halogens is 1. The van der Waals surface area contributed by atoms with Gasteiger partial charge in [-0.3, -0.25) is 9.59 Å². The maximum atomic E-state index is 12.0. The molecule has 3 rings (SSSR count). The number of benzene rings is 2. The van der Waals surface area contributed by atoms with Crippen LogP contribution in [0.1, 0.15) is 24.1 Å². The van der Waals surface area contributed by atoms with Gasteiger partial charge in [0.1, 0.15) is 0 Å². The fourth-order valence-corrected chi connectivity index (χ4v) is 3.01. The number of rotatable bonds is 6. The molecule has 5 nitrogen and oxygen atoms in total. The molecule has 0 aliphatic rings. The zero-order valence-corrected chi connectivity index (χ0v) is 15.9. The maximum absolute atomic E-state index is 12.0. The highest BCUT2D eigenvalue weighted by Crippen LogP contribution is 2.18. The highest BCUT2D eigenvalue weighted by Gasteiger charge is 2.14. The quantitative estimate of drug-likeness (QED) is 0.600. The van der Waals surface area contributed by atoms with Gasteiger partial charge in [-0.2, -0.15) is 0 Å². The van der Waals surface area contributed by atoms with Crippen molar-refractivity contribution in [3.8, 4) is 0 Å². The number of amides is 1. The van der Waals surface area contributed by atoms with E-state index in [1.165, 1.54) is 0 Å². The molecule has 2 N–H and O–H groups in total. The summed E-state index contributed by atoms with van der Waals surface area (Å²) in [6.45, 7) is 1.59. The van der Waals surface area contributed by atoms with Gasteiger partial charge in [0.25, 0.3) is 5.91 Å². The number of para-hydroxylation sites is 1. The highest BCUT2D eigenvalue weighted by atomic mass is 79.9. The second-order valence-corrected chi connectivity index (χ2v) is 6.95. The average Bonchev–Trinajstić information content (AvgIpc) is 3.03. The number of aromatic nitrogens is 1. The predicted molar refractivity (Wildman–Crippen MR) is 104 cm³/mol. The molecule has 0 fully saturated rings. The van der Waals surface area contributed by atoms with Crippen LogP contribution in [0.2, 0.25) is 0 Å². The van der Waals surface area contributed by atoms with Crippen LogP contribution in [0, 0.1) is 0 Å². The molecule has 3 aromatic rings. The summed E-state index contributed by atoms with van der Waals surface area (Å²) < 4.78 is 6.09. The normalized spacial score (nSPS) is 11.9. The van der Waals surface area contributed by atoms with E-state index in [9.17, 15) is 9.59 Å². The highest BCUT2D eigenvalue weighted by molar-refractivity contribution is 9.10. The van der Waals surface area contributed by atoms with Gasteiger partial charge in [-0.25, -0.2) is 0 Å². The van der Waals surface area contributed by atoms with E-state index in [-0.39, 0.29) is 25.0 Å². The zero-order valence-electron chi connectivity index (χ0n) is 14.3. The van der Waals surface area contributed by atoms with Crippen LogP contribution >= 0.6 is 15.9 Å². The van der Waals surface area contributed by atoms with Gasteiger partial charge in [-0.05, 0) is 36.2 Å². The lowest BCUT2D eigenvalue weighted by atomic mass is 10.1. The Morgan fingerprint density at radius 1 is 1.15 bits per heavy atom. The van der Waals surface area contributed by atoms with E-state index in [0.717, 1.165) is 26.5 Å². The molecule has 2 aromatic carbocycles. The first-order valence-corrected chi connectivity index (χ1v) is 9.07. The van der Waals surface area contributed by atoms with Crippen molar-refractivity contribution in [1.29, 1.82) is 0 Å². The number of carbonyl (C=O) groups is 2. The number of fused-ring (bicyclic) bond motifs is 1. The number of hydrogen-bond acceptors (Lipinski definition) is 3. The van der Waals surface area contributed by atoms with E-state index in [1.54, 1.807) is 6.20 Å². The Labute approximate surface area is 159 Å². The van der Waals surface area contributed by atoms with E-state index < -0.39 is 5.97 Å². The summed E-state index contributed by atoms with van der Waals surface area (Å²) in [5.74, 6) is -0.756. The zero-order chi connectivity index (χ0) is 18.5. The van der Waals surface area contributed by atoms with Crippen LogP contribution in [-0.2, 0) is 20.7 Å². The number of carbonyl (C=O) groups excluding carboxylic acids is 2. The molecule has 1 heterocycles. The maximum Gasteiger partial charge on any atom is 0.310 e. The van der Waals surface area contributed by atoms with E-state index in [2.05, 4.69) is 26.2 Å². The van der Waals surface area contributed by atoms with Gasteiger partial charge in [0.05, 0.1) is 12.5 Å². The molecule has 0 aliphatic carbocycles. The summed E-state index contributed by atoms with van der Waals surface area (Å²) >= 11 is 3.38. The van der Waals surface area contributed by atoms with Crippen LogP contribution < -0.4 is 5.32 Å². The molecule has 0 unspecified atom stereocenters. The molecule has 0 spiro atoms. The summed E-state index contributed by atoms with van der Waals surface area (Å²) in [5.41, 5.74) is 2.80. The van der Waals surface area contributed by atoms with E-state index >= 15 is 0 Å². The van der Waals surface area contributed by atoms with Gasteiger partial charge < -0.3 is 15.0 Å². The number of esters is 1. The van der Waals surface area contributed by atoms with Crippen molar-refractivity contribution in [2.24, 2.45) is 0 Å². The third-order valence-corrected chi connectivity index (χ3v) is 4.65. The van der Waals surface area contributed by atoms with Crippen molar-refractivity contribution in [2.75, 3.05) is 6.61 Å². The summed E-state index contributed by atoms with van der Waals surface area (Å²) in [4.78, 5) is 27.2. The number of H-pyrrole nitrogens is 1. The van der Waals surface area contributed by atoms with Crippen LogP contribution in [0.4, 0.5) is 0 Å². The van der Waals surface area contributed by atoms with Crippen LogP contribution in [0.15, 0.2) is 59.2 Å². The predicted octanol–water partition coefficient (Wildman–Crippen LogP) is 3.89. The Morgan fingerprint density at radius 3 is 2.65 bits per heavy atom. The summed E-state index contributed by atoms with van der Waals surface area (Å²) in [6, 6.07) is 15.3. The molecule has 0 radical (unpaired) electrons. The minimum atomic E-state index is -0.429. The molecule has 1 aromatic heterocycles. The van der Waals surface area contributed by atoms with Gasteiger partial charge in [0, 0.05) is 21.6 Å². The fraction of sp³-hybridized carbons (Fsp3) is 0.200. The van der Waals surface area contributed by atoms with Crippen LogP contribution in [0.3, 0.4) is 0 Å². The third-order valence-electron chi connectivity index (χ3n) is 4.12. The first kappa shape index (κ1) is 18.2. The Kier molecular flexibility index (Phi) is 5.73. The molecule has 134 valence electrons. The molecule has 0 saturated heterocycles. The molecule has 6 heteroatoms. The minimum Gasteiger partial charge on any atom is -0.455 e. The Morgan fingerprint density at radius 2 is 1.88 bits per heavy atom. The SMILES string of the molecule is C[C@@H](NC(=O)COC(=O)Cc1c[nH]c2ccccc12)c1ccc(Br)cc1. The molecular formula is C20H19BrN2O3. The third kappa shape index (κ3) is 4.52. The fourth-order valence-electron chi connectivity index (χ4n) is 2.75. The van der Waals surface area contributed by atoms with Gasteiger partial charge in [0.15, 0.2) is 6.61 Å². The van der Waals surface area contributed by atoms with Gasteiger partial charge in [0.2, 0.25) is 0 Å². The summed E-state index contributed by atoms with van der Waals surface area (Å²) in [6.07, 6.45) is 1.92. The number of ether oxygens (including phenoxy) is 1. The molecule has 1 atom stereocenters. The van der Waals surface area contributed by atoms with Crippen LogP contribution in [0.5, 0.6) is 0 Å². The lowest BCUT2D eigenvalue weighted by molar-refractivity contribution is -0.148. The first-order valence-electron chi connectivity index (χ1n) is 8.28. The van der Waals surface area contributed by atoms with Gasteiger partial charge in [-0.1, -0.05) is 46.3 Å². The molecule has 0 bridgehead atoms. The Bertz CT molecular complexity index is 918. The van der Waals surface area contributed by atoms with Crippen LogP contribution in [0.25, 0.3) is 10.9 Å². The lowest BCUT2D eigenvalue weighted by Crippen LogP contribution is -2.31. The van der Waals surface area contributed by atoms with Crippen molar-refractivity contribution in [3.63, 3.8) is 0 Å². The largest absolute Gasteiger partial charge is 0.455 e. The number of nitrogens with one attached hydrogen (secondary N) is 2. The molecule has 26 heavy (non-hydrogen) atoms. The van der Waals surface area contributed by atoms with Crippen molar-refractivity contribution in [2.45, 2.75) is 19.4 Å². The van der Waals surface area contributed by atoms with Crippen molar-refractivity contribution >= 4 is 38.7 Å². The van der Waals surface area contributed by atoms with Gasteiger partial charge in [-0.15, -0.1) is 0 Å². The second-order valence-electron chi connectivity index (χ2n) is 6.04. The average molecular weight is 415 g/mol. The minimum absolute atomic E-state index is 0.125. The topological polar surface area (TPSA) is 71.2 Å². The van der Waals surface area contributed by atoms with Crippen molar-refractivity contribution < 1.29 is 14.3 Å². The Hall–Kier alpha value is -2.60. The smallest absolute Gasteiger partial charge is 0.310 e. The summed E-state index contributed by atoms with van der Waals surface area (Å²) in [7, 11) is 0. The van der Waals surface area contributed by atoms with E-state index in [4.69, 9.17) is 4.74 Å². The van der Waals surface area contributed by atoms with Crippen molar-refractivity contribution in [1.82, 2.24) is 10.3 Å². The number of hydrogen-bond donors (Lipinski definition) is 2. The van der Waals surface area contributed by atoms with E-state index in [0.29, 0.717) is 0 Å². The van der Waals surface area contributed by atoms with Crippen LogP contribution in [-0.4, -0.2) is 23.5 Å². The molecule has 1 amide bonds. The monoisotopic (exact) mass is 414 g/mol. The molecule has 0 aliphatic heterocycles. The van der Waals surface area contributed by atoms with Gasteiger partial charge >= 0.3 is 5.97 Å². The lowest BCUT2D eigenvalue weighted by Gasteiger charge is -2.14. The molecular weight excluding hydrogens is 396 g/mol. The Balaban J connectivity index is 1.49.